The fourth-order valence-electron chi connectivity index (χ4n) is 2.17. The van der Waals surface area contributed by atoms with Gasteiger partial charge in [0.15, 0.2) is 0 Å². The maximum absolute atomic E-state index is 12.9. The van der Waals surface area contributed by atoms with E-state index in [0.717, 1.165) is 12.3 Å². The van der Waals surface area contributed by atoms with Gasteiger partial charge in [-0.2, -0.15) is 18.3 Å². The van der Waals surface area contributed by atoms with Gasteiger partial charge in [0.2, 0.25) is 0 Å². The molecule has 8 heteroatoms. The Balaban J connectivity index is 1.75. The molecule has 1 amide bonds. The third-order valence-corrected chi connectivity index (χ3v) is 3.32. The van der Waals surface area contributed by atoms with Crippen LogP contribution in [0, 0.1) is 0 Å². The minimum atomic E-state index is -4.49. The molecule has 0 unspecified atom stereocenters. The molecule has 24 heavy (non-hydrogen) atoms. The zero-order valence-electron chi connectivity index (χ0n) is 12.1. The highest BCUT2D eigenvalue weighted by molar-refractivity contribution is 5.97. The third-order valence-electron chi connectivity index (χ3n) is 3.32. The Morgan fingerprint density at radius 3 is 2.79 bits per heavy atom. The van der Waals surface area contributed by atoms with Crippen molar-refractivity contribution in [1.29, 1.82) is 0 Å². The molecular weight excluding hydrogens is 321 g/mol. The molecular formula is C16H11F3N4O. The van der Waals surface area contributed by atoms with E-state index in [2.05, 4.69) is 20.5 Å². The normalized spacial score (nSPS) is 12.0. The van der Waals surface area contributed by atoms with Crippen molar-refractivity contribution in [3.8, 4) is 0 Å². The van der Waals surface area contributed by atoms with Gasteiger partial charge < -0.3 is 4.98 Å². The molecule has 0 fully saturated rings. The standard InChI is InChI=1S/C16H11F3N4O/c17-16(18,19)12-4-2-1-3-11(12)8-22-23-15(24)10-5-6-13-14(7-10)21-9-20-13/h1-9H,(H,20,21)(H,23,24). The lowest BCUT2D eigenvalue weighted by atomic mass is 10.1. The molecule has 1 heterocycles. The van der Waals surface area contributed by atoms with Crippen LogP contribution in [0.25, 0.3) is 11.0 Å². The number of hydrazone groups is 1. The average molecular weight is 332 g/mol. The molecule has 0 saturated carbocycles. The van der Waals surface area contributed by atoms with E-state index in [9.17, 15) is 18.0 Å². The summed E-state index contributed by atoms with van der Waals surface area (Å²) in [5.74, 6) is -0.535. The molecule has 1 aromatic heterocycles. The Bertz CT molecular complexity index is 915. The van der Waals surface area contributed by atoms with E-state index in [4.69, 9.17) is 0 Å². The third kappa shape index (κ3) is 3.27. The highest BCUT2D eigenvalue weighted by Crippen LogP contribution is 2.31. The minimum absolute atomic E-state index is 0.130. The van der Waals surface area contributed by atoms with Crippen molar-refractivity contribution in [2.45, 2.75) is 6.18 Å². The summed E-state index contributed by atoms with van der Waals surface area (Å²) in [4.78, 5) is 18.9. The topological polar surface area (TPSA) is 70.1 Å². The summed E-state index contributed by atoms with van der Waals surface area (Å²) in [6.07, 6.45) is -2.02. The number of halogens is 3. The number of imidazole rings is 1. The molecule has 0 aliphatic carbocycles. The summed E-state index contributed by atoms with van der Waals surface area (Å²) in [6.45, 7) is 0. The van der Waals surface area contributed by atoms with Gasteiger partial charge in [0.05, 0.1) is 29.1 Å². The van der Waals surface area contributed by atoms with E-state index in [-0.39, 0.29) is 5.56 Å². The molecule has 0 saturated heterocycles. The van der Waals surface area contributed by atoms with Crippen LogP contribution in [0.15, 0.2) is 53.9 Å². The number of hydrogen-bond donors (Lipinski definition) is 2. The van der Waals surface area contributed by atoms with Gasteiger partial charge >= 0.3 is 6.18 Å². The second kappa shape index (κ2) is 6.15. The van der Waals surface area contributed by atoms with E-state index in [1.807, 2.05) is 0 Å². The molecule has 0 spiro atoms. The van der Waals surface area contributed by atoms with Crippen LogP contribution in [0.5, 0.6) is 0 Å². The van der Waals surface area contributed by atoms with Crippen molar-refractivity contribution in [1.82, 2.24) is 15.4 Å². The highest BCUT2D eigenvalue weighted by Gasteiger charge is 2.32. The summed E-state index contributed by atoms with van der Waals surface area (Å²) >= 11 is 0. The Morgan fingerprint density at radius 1 is 1.21 bits per heavy atom. The number of benzene rings is 2. The number of amides is 1. The first-order valence-corrected chi connectivity index (χ1v) is 6.88. The molecule has 3 rings (SSSR count). The molecule has 3 aromatic rings. The fourth-order valence-corrected chi connectivity index (χ4v) is 2.17. The lowest BCUT2D eigenvalue weighted by molar-refractivity contribution is -0.137. The van der Waals surface area contributed by atoms with Crippen molar-refractivity contribution >= 4 is 23.2 Å². The van der Waals surface area contributed by atoms with Crippen molar-refractivity contribution in [2.24, 2.45) is 5.10 Å². The van der Waals surface area contributed by atoms with Crippen LogP contribution >= 0.6 is 0 Å². The first-order valence-electron chi connectivity index (χ1n) is 6.88. The van der Waals surface area contributed by atoms with Crippen LogP contribution in [0.3, 0.4) is 0 Å². The van der Waals surface area contributed by atoms with Crippen molar-refractivity contribution in [3.63, 3.8) is 0 Å². The van der Waals surface area contributed by atoms with Crippen molar-refractivity contribution in [3.05, 3.63) is 65.5 Å². The number of nitrogens with zero attached hydrogens (tertiary/aromatic N) is 2. The van der Waals surface area contributed by atoms with Gasteiger partial charge in [0, 0.05) is 11.1 Å². The van der Waals surface area contributed by atoms with Crippen LogP contribution < -0.4 is 5.43 Å². The van der Waals surface area contributed by atoms with Crippen LogP contribution in [0.1, 0.15) is 21.5 Å². The number of carbonyl (C=O) groups excluding carboxylic acids is 1. The van der Waals surface area contributed by atoms with E-state index in [1.165, 1.54) is 24.5 Å². The van der Waals surface area contributed by atoms with Crippen LogP contribution in [0.2, 0.25) is 0 Å². The van der Waals surface area contributed by atoms with Gasteiger partial charge in [-0.3, -0.25) is 4.79 Å². The molecule has 122 valence electrons. The number of aromatic amines is 1. The van der Waals surface area contributed by atoms with Gasteiger partial charge in [-0.05, 0) is 24.3 Å². The highest BCUT2D eigenvalue weighted by atomic mass is 19.4. The van der Waals surface area contributed by atoms with Gasteiger partial charge in [-0.15, -0.1) is 0 Å². The van der Waals surface area contributed by atoms with Gasteiger partial charge in [-0.1, -0.05) is 18.2 Å². The average Bonchev–Trinajstić information content (AvgIpc) is 3.01. The number of nitrogens with one attached hydrogen (secondary N) is 2. The largest absolute Gasteiger partial charge is 0.417 e. The minimum Gasteiger partial charge on any atom is -0.345 e. The Kier molecular flexibility index (Phi) is 4.03. The number of rotatable bonds is 3. The first-order chi connectivity index (χ1) is 11.4. The molecule has 0 aliphatic rings. The molecule has 0 bridgehead atoms. The summed E-state index contributed by atoms with van der Waals surface area (Å²) in [6, 6.07) is 9.77. The molecule has 2 aromatic carbocycles. The van der Waals surface area contributed by atoms with Crippen molar-refractivity contribution < 1.29 is 18.0 Å². The zero-order valence-corrected chi connectivity index (χ0v) is 12.1. The number of hydrogen-bond acceptors (Lipinski definition) is 3. The van der Waals surface area contributed by atoms with Gasteiger partial charge in [-0.25, -0.2) is 10.4 Å². The molecule has 5 nitrogen and oxygen atoms in total. The van der Waals surface area contributed by atoms with Crippen LogP contribution in [-0.2, 0) is 6.18 Å². The zero-order chi connectivity index (χ0) is 17.2. The monoisotopic (exact) mass is 332 g/mol. The Morgan fingerprint density at radius 2 is 2.00 bits per heavy atom. The quantitative estimate of drug-likeness (QED) is 0.570. The van der Waals surface area contributed by atoms with E-state index in [1.54, 1.807) is 18.2 Å². The number of alkyl halides is 3. The summed E-state index contributed by atoms with van der Waals surface area (Å²) in [5, 5.41) is 3.61. The second-order valence-corrected chi connectivity index (χ2v) is 4.92. The van der Waals surface area contributed by atoms with Gasteiger partial charge in [0.1, 0.15) is 0 Å². The van der Waals surface area contributed by atoms with E-state index in [0.29, 0.717) is 16.6 Å². The number of fused-ring (bicyclic) bond motifs is 1. The predicted octanol–water partition coefficient (Wildman–Crippen LogP) is 3.35. The van der Waals surface area contributed by atoms with E-state index >= 15 is 0 Å². The van der Waals surface area contributed by atoms with Crippen LogP contribution in [-0.4, -0.2) is 22.1 Å². The number of H-pyrrole nitrogens is 1. The molecule has 2 N–H and O–H groups in total. The number of carbonyl (C=O) groups is 1. The first kappa shape index (κ1) is 15.7. The van der Waals surface area contributed by atoms with Gasteiger partial charge in [0.25, 0.3) is 5.91 Å². The smallest absolute Gasteiger partial charge is 0.345 e. The Hall–Kier alpha value is -3.16. The van der Waals surface area contributed by atoms with Crippen LogP contribution in [0.4, 0.5) is 13.2 Å². The predicted molar refractivity (Wildman–Crippen MR) is 82.6 cm³/mol. The fraction of sp³-hybridized carbons (Fsp3) is 0.0625. The van der Waals surface area contributed by atoms with E-state index < -0.39 is 17.6 Å². The lowest BCUT2D eigenvalue weighted by Crippen LogP contribution is -2.18. The lowest BCUT2D eigenvalue weighted by Gasteiger charge is -2.09. The Labute approximate surface area is 134 Å². The number of aromatic nitrogens is 2. The molecule has 0 radical (unpaired) electrons. The maximum atomic E-state index is 12.9. The molecule has 0 aliphatic heterocycles. The summed E-state index contributed by atoms with van der Waals surface area (Å²) in [5.41, 5.74) is 2.95. The maximum Gasteiger partial charge on any atom is 0.417 e. The summed E-state index contributed by atoms with van der Waals surface area (Å²) in [7, 11) is 0. The molecule has 0 atom stereocenters. The summed E-state index contributed by atoms with van der Waals surface area (Å²) < 4.78 is 38.6. The SMILES string of the molecule is O=C(NN=Cc1ccccc1C(F)(F)F)c1ccc2nc[nH]c2c1. The van der Waals surface area contributed by atoms with Crippen molar-refractivity contribution in [2.75, 3.05) is 0 Å². The second-order valence-electron chi connectivity index (χ2n) is 4.92.